The maximum absolute atomic E-state index is 12.9. The largest absolute Gasteiger partial charge is 0.379 e. The maximum atomic E-state index is 12.9. The van der Waals surface area contributed by atoms with Gasteiger partial charge in [0.15, 0.2) is 5.69 Å². The first kappa shape index (κ1) is 17.9. The Kier molecular flexibility index (Phi) is 5.05. The van der Waals surface area contributed by atoms with Gasteiger partial charge in [-0.2, -0.15) is 5.10 Å². The minimum absolute atomic E-state index is 0.164. The molecule has 1 amide bonds. The zero-order valence-electron chi connectivity index (χ0n) is 15.5. The molecule has 142 valence electrons. The Labute approximate surface area is 158 Å². The standard InChI is InChI=1S/C20H24N4O3/c1-23-18-7-6-15(25)12-16(18)19(22-23)20(26)21-17-5-3-2-4-14(17)13-24-8-10-27-11-9-24/h2-5H,6-13H2,1H3,(H,21,26). The number of rotatable bonds is 4. The molecule has 0 atom stereocenters. The molecule has 1 fully saturated rings. The van der Waals surface area contributed by atoms with Gasteiger partial charge in [-0.3, -0.25) is 19.2 Å². The molecule has 4 rings (SSSR count). The average Bonchev–Trinajstić information content (AvgIpc) is 3.00. The van der Waals surface area contributed by atoms with Crippen LogP contribution < -0.4 is 5.32 Å². The molecule has 2 aromatic rings. The van der Waals surface area contributed by atoms with Crippen LogP contribution in [-0.2, 0) is 36.0 Å². The number of nitrogens with zero attached hydrogens (tertiary/aromatic N) is 3. The van der Waals surface area contributed by atoms with E-state index in [4.69, 9.17) is 4.74 Å². The second kappa shape index (κ2) is 7.62. The van der Waals surface area contributed by atoms with E-state index in [1.165, 1.54) is 0 Å². The van der Waals surface area contributed by atoms with E-state index in [-0.39, 0.29) is 11.7 Å². The quantitative estimate of drug-likeness (QED) is 0.886. The monoisotopic (exact) mass is 368 g/mol. The molecule has 7 nitrogen and oxygen atoms in total. The molecular formula is C20H24N4O3. The number of benzene rings is 1. The van der Waals surface area contributed by atoms with Crippen molar-refractivity contribution in [2.75, 3.05) is 31.6 Å². The zero-order valence-corrected chi connectivity index (χ0v) is 15.5. The molecule has 2 aliphatic rings. The van der Waals surface area contributed by atoms with Crippen molar-refractivity contribution in [3.63, 3.8) is 0 Å². The van der Waals surface area contributed by atoms with Crippen LogP contribution in [0.15, 0.2) is 24.3 Å². The number of fused-ring (bicyclic) bond motifs is 1. The highest BCUT2D eigenvalue weighted by Crippen LogP contribution is 2.24. The van der Waals surface area contributed by atoms with Gasteiger partial charge in [-0.25, -0.2) is 0 Å². The number of ether oxygens (including phenoxy) is 1. The number of ketones is 1. The maximum Gasteiger partial charge on any atom is 0.276 e. The molecule has 0 bridgehead atoms. The van der Waals surface area contributed by atoms with Crippen molar-refractivity contribution in [1.82, 2.24) is 14.7 Å². The van der Waals surface area contributed by atoms with E-state index < -0.39 is 0 Å². The molecule has 0 saturated carbocycles. The molecular weight excluding hydrogens is 344 g/mol. The summed E-state index contributed by atoms with van der Waals surface area (Å²) in [5.74, 6) is -0.0896. The molecule has 0 unspecified atom stereocenters. The number of nitrogens with one attached hydrogen (secondary N) is 1. The van der Waals surface area contributed by atoms with Crippen LogP contribution in [0.25, 0.3) is 0 Å². The third-order valence-electron chi connectivity index (χ3n) is 5.27. The SMILES string of the molecule is Cn1nc(C(=O)Nc2ccccc2CN2CCOCC2)c2c1CCC(=O)C2. The van der Waals surface area contributed by atoms with Crippen molar-refractivity contribution < 1.29 is 14.3 Å². The highest BCUT2D eigenvalue weighted by atomic mass is 16.5. The fourth-order valence-electron chi connectivity index (χ4n) is 3.79. The number of amides is 1. The third kappa shape index (κ3) is 3.79. The minimum Gasteiger partial charge on any atom is -0.379 e. The molecule has 7 heteroatoms. The Morgan fingerprint density at radius 1 is 1.22 bits per heavy atom. The number of morpholine rings is 1. The fourth-order valence-corrected chi connectivity index (χ4v) is 3.79. The van der Waals surface area contributed by atoms with Gasteiger partial charge in [0.2, 0.25) is 0 Å². The predicted octanol–water partition coefficient (Wildman–Crippen LogP) is 1.56. The number of aromatic nitrogens is 2. The minimum atomic E-state index is -0.254. The van der Waals surface area contributed by atoms with Gasteiger partial charge in [-0.15, -0.1) is 0 Å². The fraction of sp³-hybridized carbons (Fsp3) is 0.450. The van der Waals surface area contributed by atoms with Crippen LogP contribution in [0.5, 0.6) is 0 Å². The summed E-state index contributed by atoms with van der Waals surface area (Å²) in [5, 5.41) is 7.40. The number of anilines is 1. The smallest absolute Gasteiger partial charge is 0.276 e. The molecule has 1 saturated heterocycles. The topological polar surface area (TPSA) is 76.5 Å². The van der Waals surface area contributed by atoms with Crippen molar-refractivity contribution in [3.8, 4) is 0 Å². The van der Waals surface area contributed by atoms with E-state index in [1.807, 2.05) is 31.3 Å². The number of carbonyl (C=O) groups is 2. The van der Waals surface area contributed by atoms with Crippen LogP contribution in [0.1, 0.15) is 33.7 Å². The Morgan fingerprint density at radius 3 is 2.81 bits per heavy atom. The summed E-state index contributed by atoms with van der Waals surface area (Å²) in [4.78, 5) is 27.1. The highest BCUT2D eigenvalue weighted by Gasteiger charge is 2.27. The van der Waals surface area contributed by atoms with E-state index in [0.717, 1.165) is 55.4 Å². The summed E-state index contributed by atoms with van der Waals surface area (Å²) in [7, 11) is 1.83. The summed E-state index contributed by atoms with van der Waals surface area (Å²) in [6.07, 6.45) is 1.47. The van der Waals surface area contributed by atoms with Gasteiger partial charge in [0.25, 0.3) is 5.91 Å². The molecule has 1 aliphatic carbocycles. The molecule has 1 aliphatic heterocycles. The van der Waals surface area contributed by atoms with Gasteiger partial charge in [-0.05, 0) is 18.1 Å². The van der Waals surface area contributed by atoms with Crippen LogP contribution >= 0.6 is 0 Å². The Morgan fingerprint density at radius 2 is 2.00 bits per heavy atom. The molecule has 27 heavy (non-hydrogen) atoms. The summed E-state index contributed by atoms with van der Waals surface area (Å²) >= 11 is 0. The molecule has 0 radical (unpaired) electrons. The normalized spacial score (nSPS) is 17.6. The summed E-state index contributed by atoms with van der Waals surface area (Å²) in [6.45, 7) is 4.01. The van der Waals surface area contributed by atoms with Crippen molar-refractivity contribution in [2.45, 2.75) is 25.8 Å². The molecule has 1 aromatic carbocycles. The number of hydrogen-bond acceptors (Lipinski definition) is 5. The summed E-state index contributed by atoms with van der Waals surface area (Å²) in [5.41, 5.74) is 3.98. The lowest BCUT2D eigenvalue weighted by molar-refractivity contribution is -0.118. The Hall–Kier alpha value is -2.51. The van der Waals surface area contributed by atoms with Gasteiger partial charge in [0.05, 0.1) is 13.2 Å². The van der Waals surface area contributed by atoms with E-state index in [9.17, 15) is 9.59 Å². The lowest BCUT2D eigenvalue weighted by Crippen LogP contribution is -2.35. The number of carbonyl (C=O) groups excluding carboxylic acids is 2. The second-order valence-corrected chi connectivity index (χ2v) is 7.11. The van der Waals surface area contributed by atoms with Crippen molar-refractivity contribution >= 4 is 17.4 Å². The van der Waals surface area contributed by atoms with Crippen molar-refractivity contribution in [1.29, 1.82) is 0 Å². The number of Topliss-reactive ketones (excluding diaryl/α,β-unsaturated/α-hetero) is 1. The lowest BCUT2D eigenvalue weighted by atomic mass is 9.94. The van der Waals surface area contributed by atoms with E-state index >= 15 is 0 Å². The molecule has 2 heterocycles. The van der Waals surface area contributed by atoms with Crippen molar-refractivity contribution in [3.05, 3.63) is 46.8 Å². The molecule has 1 N–H and O–H groups in total. The van der Waals surface area contributed by atoms with Gasteiger partial charge < -0.3 is 10.1 Å². The Balaban J connectivity index is 1.55. The third-order valence-corrected chi connectivity index (χ3v) is 5.27. The van der Waals surface area contributed by atoms with Crippen LogP contribution in [0, 0.1) is 0 Å². The number of aryl methyl sites for hydroxylation is 1. The molecule has 0 spiro atoms. The molecule has 1 aromatic heterocycles. The first-order chi connectivity index (χ1) is 13.1. The van der Waals surface area contributed by atoms with Gasteiger partial charge in [0.1, 0.15) is 5.78 Å². The van der Waals surface area contributed by atoms with Crippen LogP contribution in [0.2, 0.25) is 0 Å². The van der Waals surface area contributed by atoms with Gasteiger partial charge in [0, 0.05) is 56.5 Å². The number of hydrogen-bond donors (Lipinski definition) is 1. The predicted molar refractivity (Wildman–Crippen MR) is 101 cm³/mol. The number of para-hydroxylation sites is 1. The second-order valence-electron chi connectivity index (χ2n) is 7.11. The van der Waals surface area contributed by atoms with Crippen LogP contribution in [-0.4, -0.2) is 52.7 Å². The average molecular weight is 368 g/mol. The first-order valence-corrected chi connectivity index (χ1v) is 9.37. The highest BCUT2D eigenvalue weighted by molar-refractivity contribution is 6.05. The van der Waals surface area contributed by atoms with E-state index in [1.54, 1.807) is 4.68 Å². The van der Waals surface area contributed by atoms with Crippen LogP contribution in [0.3, 0.4) is 0 Å². The van der Waals surface area contributed by atoms with E-state index in [0.29, 0.717) is 25.0 Å². The van der Waals surface area contributed by atoms with E-state index in [2.05, 4.69) is 15.3 Å². The van der Waals surface area contributed by atoms with Gasteiger partial charge in [-0.1, -0.05) is 18.2 Å². The van der Waals surface area contributed by atoms with Crippen molar-refractivity contribution in [2.24, 2.45) is 7.05 Å². The Bertz CT molecular complexity index is 868. The lowest BCUT2D eigenvalue weighted by Gasteiger charge is -2.27. The first-order valence-electron chi connectivity index (χ1n) is 9.37. The zero-order chi connectivity index (χ0) is 18.8. The summed E-state index contributed by atoms with van der Waals surface area (Å²) in [6, 6.07) is 7.83. The van der Waals surface area contributed by atoms with Gasteiger partial charge >= 0.3 is 0 Å². The summed E-state index contributed by atoms with van der Waals surface area (Å²) < 4.78 is 7.14. The van der Waals surface area contributed by atoms with Crippen LogP contribution in [0.4, 0.5) is 5.69 Å².